The zero-order valence-electron chi connectivity index (χ0n) is 24.7. The maximum absolute atomic E-state index is 10.6. The highest BCUT2D eigenvalue weighted by atomic mass is 16.1. The minimum atomic E-state index is 0. The summed E-state index contributed by atoms with van der Waals surface area (Å²) in [5.41, 5.74) is 0. The Hall–Kier alpha value is -1.32. The van der Waals surface area contributed by atoms with E-state index in [1.165, 1.54) is 19.3 Å². The molecule has 0 spiro atoms. The summed E-state index contributed by atoms with van der Waals surface area (Å²) >= 11 is 0. The lowest BCUT2D eigenvalue weighted by Gasteiger charge is -2.07. The Kier molecular flexibility index (Phi) is 155. The first-order valence-electron chi connectivity index (χ1n) is 13.2. The molecule has 4 nitrogen and oxygen atoms in total. The van der Waals surface area contributed by atoms with Crippen LogP contribution in [0.5, 0.6) is 0 Å². The maximum atomic E-state index is 10.6. The van der Waals surface area contributed by atoms with Crippen molar-refractivity contribution < 1.29 is 19.2 Å². The van der Waals surface area contributed by atoms with Crippen molar-refractivity contribution in [2.24, 2.45) is 17.8 Å². The first kappa shape index (κ1) is 90.0. The average Bonchev–Trinajstić information content (AvgIpc) is 2.71. The molecule has 0 atom stereocenters. The topological polar surface area (TPSA) is 68.3 Å². The number of rotatable bonds is 12. The summed E-state index contributed by atoms with van der Waals surface area (Å²) in [7, 11) is 0. The van der Waals surface area contributed by atoms with Crippen LogP contribution >= 0.6 is 0 Å². The van der Waals surface area contributed by atoms with Gasteiger partial charge in [0.05, 0.1) is 0 Å². The molecule has 0 N–H and O–H groups in total. The van der Waals surface area contributed by atoms with Crippen LogP contribution in [0, 0.1) is 17.8 Å². The molecule has 0 rings (SSSR count). The van der Waals surface area contributed by atoms with E-state index in [4.69, 9.17) is 0 Å². The Bertz CT molecular complexity index is 418. The largest absolute Gasteiger partial charge is 0.300 e. The molecule has 0 bridgehead atoms. The van der Waals surface area contributed by atoms with Crippen molar-refractivity contribution in [3.8, 4) is 0 Å². The fourth-order valence-electron chi connectivity index (χ4n) is 2.39. The van der Waals surface area contributed by atoms with Gasteiger partial charge in [0.15, 0.2) is 0 Å². The van der Waals surface area contributed by atoms with E-state index in [9.17, 15) is 19.2 Å². The third-order valence-electron chi connectivity index (χ3n) is 4.64. The van der Waals surface area contributed by atoms with Crippen LogP contribution in [0.4, 0.5) is 0 Å². The van der Waals surface area contributed by atoms with Gasteiger partial charge in [-0.25, -0.2) is 0 Å². The van der Waals surface area contributed by atoms with Gasteiger partial charge in [-0.2, -0.15) is 0 Å². The normalized spacial score (nSPS) is 7.33. The fraction of sp³-hybridized carbons (Fsp3) is 0.895. The van der Waals surface area contributed by atoms with Crippen molar-refractivity contribution in [3.63, 3.8) is 0 Å². The van der Waals surface area contributed by atoms with Gasteiger partial charge >= 0.3 is 0 Å². The highest BCUT2D eigenvalue weighted by molar-refractivity contribution is 5.79. The number of hydrogen-bond acceptors (Lipinski definition) is 4. The number of Topliss-reactive ketones (excluding diaryl/α,β-unsaturated/α-hetero) is 4. The second-order valence-corrected chi connectivity index (χ2v) is 9.13. The van der Waals surface area contributed by atoms with Crippen molar-refractivity contribution in [3.05, 3.63) is 0 Å². The molecule has 0 fully saturated rings. The van der Waals surface area contributed by atoms with E-state index in [1.54, 1.807) is 27.7 Å². The van der Waals surface area contributed by atoms with Crippen molar-refractivity contribution in [1.82, 2.24) is 0 Å². The van der Waals surface area contributed by atoms with Gasteiger partial charge in [0.1, 0.15) is 23.1 Å². The second-order valence-electron chi connectivity index (χ2n) is 9.13. The first-order chi connectivity index (χ1) is 15.3. The lowest BCUT2D eigenvalue weighted by Crippen LogP contribution is -2.05. The molecule has 0 aliphatic carbocycles. The molecule has 0 aromatic carbocycles. The first-order valence-corrected chi connectivity index (χ1v) is 13.2. The predicted molar refractivity (Wildman–Crippen MR) is 206 cm³/mol. The molecule has 42 heavy (non-hydrogen) atoms. The molecule has 0 heterocycles. The van der Waals surface area contributed by atoms with E-state index in [0.29, 0.717) is 31.6 Å². The second kappa shape index (κ2) is 72.2. The van der Waals surface area contributed by atoms with E-state index < -0.39 is 0 Å². The minimum absolute atomic E-state index is 0. The molecule has 0 unspecified atom stereocenters. The quantitative estimate of drug-likeness (QED) is 0.219. The molecule has 0 aliphatic rings. The monoisotopic (exact) mass is 617 g/mol. The number of ketones is 4. The van der Waals surface area contributed by atoms with Crippen LogP contribution in [0.3, 0.4) is 0 Å². The maximum Gasteiger partial charge on any atom is 0.130 e. The number of hydrogen-bond donors (Lipinski definition) is 0. The van der Waals surface area contributed by atoms with Crippen LogP contribution < -0.4 is 0 Å². The molecule has 0 aromatic heterocycles. The van der Waals surface area contributed by atoms with Gasteiger partial charge in [-0.05, 0) is 58.3 Å². The molecule has 0 saturated carbocycles. The van der Waals surface area contributed by atoms with Gasteiger partial charge in [0.2, 0.25) is 0 Å². The Morgan fingerprint density at radius 2 is 0.643 bits per heavy atom. The summed E-state index contributed by atoms with van der Waals surface area (Å²) in [6.45, 7) is 25.3. The predicted octanol–water partition coefficient (Wildman–Crippen LogP) is 14.6. The lowest BCUT2D eigenvalue weighted by atomic mass is 9.98. The van der Waals surface area contributed by atoms with E-state index in [0.717, 1.165) is 18.8 Å². The molecule has 272 valence electrons. The fourth-order valence-corrected chi connectivity index (χ4v) is 2.39. The minimum Gasteiger partial charge on any atom is -0.300 e. The smallest absolute Gasteiger partial charge is 0.130 e. The molecular weight excluding hydrogens is 520 g/mol. The SMILES string of the molecule is C.C.C.C.C.C.C.C.C.CC.CC(=O)CC(C)CC(C)=O.CC(=O)CCC(C)CCC(C)=O.CCC.CCC(C)CC. The summed E-state index contributed by atoms with van der Waals surface area (Å²) in [5.74, 6) is 2.45. The van der Waals surface area contributed by atoms with Crippen molar-refractivity contribution in [1.29, 1.82) is 0 Å². The van der Waals surface area contributed by atoms with Gasteiger partial charge in [0.25, 0.3) is 0 Å². The zero-order valence-corrected chi connectivity index (χ0v) is 24.7. The van der Waals surface area contributed by atoms with Crippen molar-refractivity contribution in [2.75, 3.05) is 0 Å². The summed E-state index contributed by atoms with van der Waals surface area (Å²) in [6, 6.07) is 0. The van der Waals surface area contributed by atoms with Crippen molar-refractivity contribution in [2.45, 2.75) is 215 Å². The standard InChI is InChI=1S/C10H18O2.C8H14O2.C6H14.C3H8.C2H6.9CH4/c1-8(4-6-9(2)11)5-7-10(3)12;1-6(4-7(2)9)5-8(3)10;1-4-6(3)5-2;1-3-2;1-2;;;;;;;;;/h8H,4-7H2,1-3H3;6H,4-5H2,1-3H3;6H,4-5H2,1-3H3;3H2,1-2H3;1-2H3;9*1H4. The van der Waals surface area contributed by atoms with E-state index in [2.05, 4.69) is 41.5 Å². The number of carbonyl (C=O) groups is 4. The molecule has 0 aromatic rings. The van der Waals surface area contributed by atoms with E-state index >= 15 is 0 Å². The Morgan fingerprint density at radius 1 is 0.429 bits per heavy atom. The highest BCUT2D eigenvalue weighted by Gasteiger charge is 2.07. The third-order valence-corrected chi connectivity index (χ3v) is 4.64. The summed E-state index contributed by atoms with van der Waals surface area (Å²) in [5, 5.41) is 0. The van der Waals surface area contributed by atoms with Gasteiger partial charge in [-0.3, -0.25) is 0 Å². The summed E-state index contributed by atoms with van der Waals surface area (Å²) in [6.07, 6.45) is 8.11. The van der Waals surface area contributed by atoms with Crippen LogP contribution in [0.15, 0.2) is 0 Å². The van der Waals surface area contributed by atoms with Gasteiger partial charge < -0.3 is 19.2 Å². The van der Waals surface area contributed by atoms with Crippen molar-refractivity contribution >= 4 is 23.1 Å². The van der Waals surface area contributed by atoms with Crippen LogP contribution in [-0.4, -0.2) is 23.1 Å². The van der Waals surface area contributed by atoms with Gasteiger partial charge in [0, 0.05) is 25.7 Å². The number of carbonyl (C=O) groups excluding carboxylic acids is 4. The molecule has 4 heteroatoms. The van der Waals surface area contributed by atoms with Crippen LogP contribution in [0.2, 0.25) is 0 Å². The zero-order chi connectivity index (χ0) is 27.4. The summed E-state index contributed by atoms with van der Waals surface area (Å²) in [4.78, 5) is 42.3. The van der Waals surface area contributed by atoms with E-state index in [-0.39, 0.29) is 95.9 Å². The van der Waals surface area contributed by atoms with E-state index in [1.807, 2.05) is 20.8 Å². The molecule has 0 saturated heterocycles. The lowest BCUT2D eigenvalue weighted by molar-refractivity contribution is -0.120. The average molecular weight is 617 g/mol. The molecular formula is C38H96O4. The highest BCUT2D eigenvalue weighted by Crippen LogP contribution is 2.12. The Balaban J connectivity index is -0.0000000201. The molecule has 0 radical (unpaired) electrons. The van der Waals surface area contributed by atoms with Crippen LogP contribution in [-0.2, 0) is 19.2 Å². The molecule has 0 aliphatic heterocycles. The third kappa shape index (κ3) is 128. The Morgan fingerprint density at radius 3 is 0.762 bits per heavy atom. The van der Waals surface area contributed by atoms with Crippen LogP contribution in [0.25, 0.3) is 0 Å². The van der Waals surface area contributed by atoms with Gasteiger partial charge in [-0.15, -0.1) is 0 Å². The summed E-state index contributed by atoms with van der Waals surface area (Å²) < 4.78 is 0. The Labute approximate surface area is 274 Å². The molecule has 0 amide bonds. The van der Waals surface area contributed by atoms with Gasteiger partial charge in [-0.1, -0.05) is 148 Å². The van der Waals surface area contributed by atoms with Crippen LogP contribution in [0.1, 0.15) is 215 Å².